The molecule has 1 rings (SSSR count). The van der Waals surface area contributed by atoms with Gasteiger partial charge in [-0.25, -0.2) is 0 Å². The molecule has 1 aromatic rings. The SMILES string of the molecule is NCC(CS(=O)c1cc(Cl)ccc1Cl)C(F)(F)F. The molecular formula is C10H10Cl2F3NOS. The Labute approximate surface area is 115 Å². The van der Waals surface area contributed by atoms with Crippen molar-refractivity contribution < 1.29 is 17.4 Å². The van der Waals surface area contributed by atoms with Crippen LogP contribution in [0, 0.1) is 5.92 Å². The molecule has 0 amide bonds. The van der Waals surface area contributed by atoms with Crippen LogP contribution in [0.15, 0.2) is 23.1 Å². The first kappa shape index (κ1) is 15.8. The van der Waals surface area contributed by atoms with Crippen LogP contribution in [0.1, 0.15) is 0 Å². The molecule has 0 heterocycles. The van der Waals surface area contributed by atoms with Crippen LogP contribution >= 0.6 is 23.2 Å². The average Bonchev–Trinajstić information content (AvgIpc) is 2.27. The molecule has 0 fully saturated rings. The molecule has 0 aliphatic rings. The summed E-state index contributed by atoms with van der Waals surface area (Å²) in [5.74, 6) is -2.45. The van der Waals surface area contributed by atoms with Crippen LogP contribution in [0.25, 0.3) is 0 Å². The highest BCUT2D eigenvalue weighted by molar-refractivity contribution is 7.85. The number of hydrogen-bond acceptors (Lipinski definition) is 2. The highest BCUT2D eigenvalue weighted by Crippen LogP contribution is 2.30. The molecule has 0 saturated carbocycles. The lowest BCUT2D eigenvalue weighted by atomic mass is 10.2. The van der Waals surface area contributed by atoms with Gasteiger partial charge in [0.15, 0.2) is 0 Å². The largest absolute Gasteiger partial charge is 0.393 e. The summed E-state index contributed by atoms with van der Waals surface area (Å²) < 4.78 is 49.4. The Hall–Kier alpha value is -0.300. The molecule has 0 aliphatic carbocycles. The van der Waals surface area contributed by atoms with Crippen molar-refractivity contribution in [1.29, 1.82) is 0 Å². The van der Waals surface area contributed by atoms with Crippen molar-refractivity contribution in [2.45, 2.75) is 11.1 Å². The number of halogens is 5. The fourth-order valence-electron chi connectivity index (χ4n) is 1.22. The van der Waals surface area contributed by atoms with Gasteiger partial charge in [-0.15, -0.1) is 0 Å². The molecule has 2 atom stereocenters. The van der Waals surface area contributed by atoms with Gasteiger partial charge in [-0.1, -0.05) is 23.2 Å². The van der Waals surface area contributed by atoms with Gasteiger partial charge in [0.25, 0.3) is 0 Å². The maximum absolute atomic E-state index is 12.5. The Morgan fingerprint density at radius 2 is 1.94 bits per heavy atom. The Morgan fingerprint density at radius 3 is 2.44 bits per heavy atom. The van der Waals surface area contributed by atoms with Crippen LogP contribution in [-0.4, -0.2) is 22.7 Å². The van der Waals surface area contributed by atoms with Gasteiger partial charge in [-0.05, 0) is 18.2 Å². The molecular weight excluding hydrogens is 310 g/mol. The van der Waals surface area contributed by atoms with Crippen molar-refractivity contribution in [3.63, 3.8) is 0 Å². The Bertz CT molecular complexity index is 453. The minimum Gasteiger partial charge on any atom is -0.330 e. The summed E-state index contributed by atoms with van der Waals surface area (Å²) in [6.45, 7) is -0.618. The van der Waals surface area contributed by atoms with Crippen molar-refractivity contribution in [3.8, 4) is 0 Å². The third kappa shape index (κ3) is 4.12. The summed E-state index contributed by atoms with van der Waals surface area (Å²) in [6, 6.07) is 4.15. The first-order valence-corrected chi connectivity index (χ1v) is 6.93. The van der Waals surface area contributed by atoms with E-state index in [9.17, 15) is 17.4 Å². The molecule has 2 N–H and O–H groups in total. The Morgan fingerprint density at radius 1 is 1.33 bits per heavy atom. The summed E-state index contributed by atoms with van der Waals surface area (Å²) in [5.41, 5.74) is 5.04. The lowest BCUT2D eigenvalue weighted by Crippen LogP contribution is -2.34. The lowest BCUT2D eigenvalue weighted by molar-refractivity contribution is -0.165. The number of hydrogen-bond donors (Lipinski definition) is 1. The molecule has 0 radical (unpaired) electrons. The quantitative estimate of drug-likeness (QED) is 0.925. The summed E-state index contributed by atoms with van der Waals surface area (Å²) in [5, 5.41) is 0.384. The van der Waals surface area contributed by atoms with Gasteiger partial charge in [0, 0.05) is 17.3 Å². The predicted octanol–water partition coefficient (Wildman–Crippen LogP) is 3.24. The molecule has 102 valence electrons. The lowest BCUT2D eigenvalue weighted by Gasteiger charge is -2.18. The number of nitrogens with two attached hydrogens (primary N) is 1. The van der Waals surface area contributed by atoms with Crippen LogP contribution in [0.3, 0.4) is 0 Å². The van der Waals surface area contributed by atoms with Gasteiger partial charge in [0.05, 0.1) is 26.6 Å². The van der Waals surface area contributed by atoms with Gasteiger partial charge in [0.1, 0.15) is 0 Å². The summed E-state index contributed by atoms with van der Waals surface area (Å²) in [7, 11) is -1.90. The van der Waals surface area contributed by atoms with E-state index in [1.54, 1.807) is 0 Å². The van der Waals surface area contributed by atoms with Gasteiger partial charge in [0.2, 0.25) is 0 Å². The minimum atomic E-state index is -4.48. The van der Waals surface area contributed by atoms with E-state index in [2.05, 4.69) is 0 Å². The van der Waals surface area contributed by atoms with Gasteiger partial charge in [-0.3, -0.25) is 4.21 Å². The first-order valence-electron chi connectivity index (χ1n) is 4.86. The van der Waals surface area contributed by atoms with Crippen LogP contribution in [0.4, 0.5) is 13.2 Å². The highest BCUT2D eigenvalue weighted by atomic mass is 35.5. The van der Waals surface area contributed by atoms with Crippen LogP contribution < -0.4 is 5.73 Å². The van der Waals surface area contributed by atoms with Crippen LogP contribution in [-0.2, 0) is 10.8 Å². The predicted molar refractivity (Wildman–Crippen MR) is 66.3 cm³/mol. The molecule has 18 heavy (non-hydrogen) atoms. The summed E-state index contributed by atoms with van der Waals surface area (Å²) in [4.78, 5) is 0.0897. The normalized spacial score (nSPS) is 15.4. The van der Waals surface area contributed by atoms with Crippen molar-refractivity contribution in [2.24, 2.45) is 11.7 Å². The molecule has 0 bridgehead atoms. The van der Waals surface area contributed by atoms with Crippen molar-refractivity contribution >= 4 is 34.0 Å². The maximum atomic E-state index is 12.5. The van der Waals surface area contributed by atoms with Gasteiger partial charge in [-0.2, -0.15) is 13.2 Å². The van der Waals surface area contributed by atoms with Crippen molar-refractivity contribution in [3.05, 3.63) is 28.2 Å². The molecule has 8 heteroatoms. The van der Waals surface area contributed by atoms with Gasteiger partial charge < -0.3 is 5.73 Å². The molecule has 0 aliphatic heterocycles. The zero-order valence-electron chi connectivity index (χ0n) is 9.01. The molecule has 0 spiro atoms. The number of rotatable bonds is 4. The molecule has 0 saturated heterocycles. The number of benzene rings is 1. The van der Waals surface area contributed by atoms with Crippen molar-refractivity contribution in [2.75, 3.05) is 12.3 Å². The fraction of sp³-hybridized carbons (Fsp3) is 0.400. The Kier molecular flexibility index (Phi) is 5.46. The van der Waals surface area contributed by atoms with E-state index in [-0.39, 0.29) is 14.9 Å². The second-order valence-electron chi connectivity index (χ2n) is 3.56. The van der Waals surface area contributed by atoms with E-state index in [4.69, 9.17) is 28.9 Å². The second-order valence-corrected chi connectivity index (χ2v) is 5.87. The second kappa shape index (κ2) is 6.23. The smallest absolute Gasteiger partial charge is 0.330 e. The zero-order chi connectivity index (χ0) is 13.9. The van der Waals surface area contributed by atoms with Gasteiger partial charge >= 0.3 is 6.18 Å². The summed E-state index contributed by atoms with van der Waals surface area (Å²) >= 11 is 11.4. The van der Waals surface area contributed by atoms with Crippen molar-refractivity contribution in [1.82, 2.24) is 0 Å². The molecule has 2 unspecified atom stereocenters. The van der Waals surface area contributed by atoms with Crippen LogP contribution in [0.2, 0.25) is 10.0 Å². The molecule has 0 aromatic heterocycles. The maximum Gasteiger partial charge on any atom is 0.393 e. The standard InChI is InChI=1S/C10H10Cl2F3NOS/c11-7-1-2-8(12)9(3-7)18(17)5-6(4-16)10(13,14)15/h1-3,6H,4-5,16H2. The molecule has 2 nitrogen and oxygen atoms in total. The van der Waals surface area contributed by atoms with E-state index in [1.807, 2.05) is 0 Å². The molecule has 1 aromatic carbocycles. The third-order valence-corrected chi connectivity index (χ3v) is 4.45. The number of alkyl halides is 3. The van der Waals surface area contributed by atoms with E-state index >= 15 is 0 Å². The summed E-state index contributed by atoms with van der Waals surface area (Å²) in [6.07, 6.45) is -4.48. The first-order chi connectivity index (χ1) is 8.25. The topological polar surface area (TPSA) is 43.1 Å². The fourth-order valence-corrected chi connectivity index (χ4v) is 3.25. The third-order valence-electron chi connectivity index (χ3n) is 2.24. The van der Waals surface area contributed by atoms with E-state index in [0.29, 0.717) is 0 Å². The Balaban J connectivity index is 2.91. The zero-order valence-corrected chi connectivity index (χ0v) is 11.3. The van der Waals surface area contributed by atoms with E-state index in [1.165, 1.54) is 18.2 Å². The van der Waals surface area contributed by atoms with E-state index < -0.39 is 35.2 Å². The highest BCUT2D eigenvalue weighted by Gasteiger charge is 2.39. The van der Waals surface area contributed by atoms with E-state index in [0.717, 1.165) is 0 Å². The minimum absolute atomic E-state index is 0.0897. The van der Waals surface area contributed by atoms with Crippen LogP contribution in [0.5, 0.6) is 0 Å². The average molecular weight is 320 g/mol. The monoisotopic (exact) mass is 319 g/mol.